The van der Waals surface area contributed by atoms with Crippen LogP contribution in [-0.4, -0.2) is 23.9 Å². The average molecular weight is 241 g/mol. The first-order valence-electron chi connectivity index (χ1n) is 5.30. The van der Waals surface area contributed by atoms with Gasteiger partial charge in [-0.2, -0.15) is 0 Å². The third kappa shape index (κ3) is 2.47. The molecule has 0 spiro atoms. The second-order valence-electron chi connectivity index (χ2n) is 3.88. The fourth-order valence-corrected chi connectivity index (χ4v) is 1.68. The lowest BCUT2D eigenvalue weighted by molar-refractivity contribution is 0.0742. The number of hydrogen-bond donors (Lipinski definition) is 1. The number of nitrogen functional groups attached to an aromatic ring is 1. The van der Waals surface area contributed by atoms with E-state index >= 15 is 0 Å². The molecule has 0 saturated heterocycles. The highest BCUT2D eigenvalue weighted by molar-refractivity contribution is 6.34. The van der Waals surface area contributed by atoms with E-state index in [1.807, 2.05) is 13.8 Å². The largest absolute Gasteiger partial charge is 0.398 e. The molecule has 0 aliphatic rings. The van der Waals surface area contributed by atoms with Crippen LogP contribution >= 0.6 is 11.6 Å². The van der Waals surface area contributed by atoms with E-state index in [9.17, 15) is 4.79 Å². The molecule has 1 amide bonds. The Kier molecular flexibility index (Phi) is 4.19. The van der Waals surface area contributed by atoms with Crippen molar-refractivity contribution in [1.29, 1.82) is 0 Å². The molecule has 0 aliphatic heterocycles. The molecule has 1 aromatic rings. The van der Waals surface area contributed by atoms with E-state index < -0.39 is 0 Å². The van der Waals surface area contributed by atoms with Crippen molar-refractivity contribution in [2.24, 2.45) is 0 Å². The van der Waals surface area contributed by atoms with Crippen molar-refractivity contribution >= 4 is 23.2 Å². The Labute approximate surface area is 101 Å². The monoisotopic (exact) mass is 240 g/mol. The van der Waals surface area contributed by atoms with Gasteiger partial charge in [0.2, 0.25) is 0 Å². The Hall–Kier alpha value is -1.22. The van der Waals surface area contributed by atoms with Crippen molar-refractivity contribution in [3.05, 3.63) is 28.8 Å². The number of benzene rings is 1. The molecule has 1 rings (SSSR count). The summed E-state index contributed by atoms with van der Waals surface area (Å²) in [6.45, 7) is 4.02. The predicted molar refractivity (Wildman–Crippen MR) is 67.7 cm³/mol. The maximum absolute atomic E-state index is 12.1. The molecule has 0 saturated carbocycles. The fraction of sp³-hybridized carbons (Fsp3) is 0.417. The van der Waals surface area contributed by atoms with Crippen LogP contribution in [0.3, 0.4) is 0 Å². The molecule has 16 heavy (non-hydrogen) atoms. The summed E-state index contributed by atoms with van der Waals surface area (Å²) in [4.78, 5) is 13.8. The first-order chi connectivity index (χ1) is 7.49. The number of carbonyl (C=O) groups excluding carboxylic acids is 1. The number of amides is 1. The van der Waals surface area contributed by atoms with Gasteiger partial charge in [-0.05, 0) is 25.5 Å². The van der Waals surface area contributed by atoms with E-state index in [0.29, 0.717) is 16.3 Å². The van der Waals surface area contributed by atoms with Crippen molar-refractivity contribution in [3.8, 4) is 0 Å². The van der Waals surface area contributed by atoms with Crippen molar-refractivity contribution in [1.82, 2.24) is 4.90 Å². The third-order valence-corrected chi connectivity index (χ3v) is 3.15. The first-order valence-corrected chi connectivity index (χ1v) is 5.68. The van der Waals surface area contributed by atoms with Gasteiger partial charge in [0.1, 0.15) is 0 Å². The highest BCUT2D eigenvalue weighted by atomic mass is 35.5. The Morgan fingerprint density at radius 2 is 2.19 bits per heavy atom. The average Bonchev–Trinajstić information content (AvgIpc) is 2.26. The number of hydrogen-bond acceptors (Lipinski definition) is 2. The van der Waals surface area contributed by atoms with Gasteiger partial charge < -0.3 is 10.6 Å². The quantitative estimate of drug-likeness (QED) is 0.826. The minimum Gasteiger partial charge on any atom is -0.398 e. The summed E-state index contributed by atoms with van der Waals surface area (Å²) in [5.74, 6) is -0.127. The van der Waals surface area contributed by atoms with Crippen LogP contribution in [0.2, 0.25) is 5.02 Å². The molecule has 0 heterocycles. The van der Waals surface area contributed by atoms with Gasteiger partial charge in [-0.1, -0.05) is 24.6 Å². The second-order valence-corrected chi connectivity index (χ2v) is 4.28. The van der Waals surface area contributed by atoms with E-state index in [1.54, 1.807) is 30.1 Å². The lowest BCUT2D eigenvalue weighted by Crippen LogP contribution is -2.35. The van der Waals surface area contributed by atoms with Gasteiger partial charge in [0.05, 0.1) is 10.6 Å². The van der Waals surface area contributed by atoms with Crippen LogP contribution in [-0.2, 0) is 0 Å². The number of nitrogens with zero attached hydrogens (tertiary/aromatic N) is 1. The van der Waals surface area contributed by atoms with Crippen LogP contribution in [0.4, 0.5) is 5.69 Å². The Bertz CT molecular complexity index is 372. The minimum atomic E-state index is -0.127. The van der Waals surface area contributed by atoms with Crippen LogP contribution in [0.15, 0.2) is 18.2 Å². The van der Waals surface area contributed by atoms with Crippen molar-refractivity contribution in [3.63, 3.8) is 0 Å². The molecule has 1 unspecified atom stereocenters. The van der Waals surface area contributed by atoms with Crippen molar-refractivity contribution in [2.45, 2.75) is 26.3 Å². The summed E-state index contributed by atoms with van der Waals surface area (Å²) >= 11 is 5.99. The highest BCUT2D eigenvalue weighted by Gasteiger charge is 2.20. The van der Waals surface area contributed by atoms with Crippen molar-refractivity contribution < 1.29 is 4.79 Å². The molecule has 4 heteroatoms. The zero-order valence-corrected chi connectivity index (χ0v) is 10.6. The number of halogens is 1. The van der Waals surface area contributed by atoms with Crippen LogP contribution in [0.25, 0.3) is 0 Å². The van der Waals surface area contributed by atoms with E-state index in [-0.39, 0.29) is 11.9 Å². The maximum Gasteiger partial charge on any atom is 0.257 e. The molecule has 0 fully saturated rings. The predicted octanol–water partition coefficient (Wildman–Crippen LogP) is 2.79. The van der Waals surface area contributed by atoms with E-state index in [0.717, 1.165) is 6.42 Å². The first kappa shape index (κ1) is 12.8. The minimum absolute atomic E-state index is 0.127. The SMILES string of the molecule is CCC(C)N(C)C(=O)c1c(N)cccc1Cl. The summed E-state index contributed by atoms with van der Waals surface area (Å²) in [7, 11) is 1.76. The van der Waals surface area contributed by atoms with Crippen LogP contribution in [0.5, 0.6) is 0 Å². The van der Waals surface area contributed by atoms with Crippen LogP contribution < -0.4 is 5.73 Å². The Morgan fingerprint density at radius 3 is 2.69 bits per heavy atom. The number of carbonyl (C=O) groups is 1. The van der Waals surface area contributed by atoms with Gasteiger partial charge in [-0.15, -0.1) is 0 Å². The summed E-state index contributed by atoms with van der Waals surface area (Å²) in [5, 5.41) is 0.403. The van der Waals surface area contributed by atoms with Gasteiger partial charge in [0.15, 0.2) is 0 Å². The fourth-order valence-electron chi connectivity index (χ4n) is 1.42. The molecular formula is C12H17ClN2O. The summed E-state index contributed by atoms with van der Waals surface area (Å²) in [5.41, 5.74) is 6.59. The Morgan fingerprint density at radius 1 is 1.56 bits per heavy atom. The molecule has 0 radical (unpaired) electrons. The molecule has 0 aliphatic carbocycles. The van der Waals surface area contributed by atoms with Gasteiger partial charge in [0, 0.05) is 18.8 Å². The van der Waals surface area contributed by atoms with Crippen LogP contribution in [0.1, 0.15) is 30.6 Å². The third-order valence-electron chi connectivity index (χ3n) is 2.83. The van der Waals surface area contributed by atoms with Gasteiger partial charge in [-0.25, -0.2) is 0 Å². The topological polar surface area (TPSA) is 46.3 Å². The molecule has 0 bridgehead atoms. The van der Waals surface area contributed by atoms with E-state index in [2.05, 4.69) is 0 Å². The van der Waals surface area contributed by atoms with Gasteiger partial charge in [0.25, 0.3) is 5.91 Å². The van der Waals surface area contributed by atoms with E-state index in [1.165, 1.54) is 0 Å². The molecule has 88 valence electrons. The number of nitrogens with two attached hydrogens (primary N) is 1. The normalized spacial score (nSPS) is 12.2. The number of anilines is 1. The summed E-state index contributed by atoms with van der Waals surface area (Å²) in [6.07, 6.45) is 0.895. The standard InChI is InChI=1S/C12H17ClN2O/c1-4-8(2)15(3)12(16)11-9(13)6-5-7-10(11)14/h5-8H,4,14H2,1-3H3. The summed E-state index contributed by atoms with van der Waals surface area (Å²) < 4.78 is 0. The molecule has 1 atom stereocenters. The maximum atomic E-state index is 12.1. The Balaban J connectivity index is 3.05. The lowest BCUT2D eigenvalue weighted by Gasteiger charge is -2.24. The lowest BCUT2D eigenvalue weighted by atomic mass is 10.1. The second kappa shape index (κ2) is 5.21. The summed E-state index contributed by atoms with van der Waals surface area (Å²) in [6, 6.07) is 5.26. The van der Waals surface area contributed by atoms with Crippen molar-refractivity contribution in [2.75, 3.05) is 12.8 Å². The highest BCUT2D eigenvalue weighted by Crippen LogP contribution is 2.24. The smallest absolute Gasteiger partial charge is 0.257 e. The molecule has 0 aromatic heterocycles. The van der Waals surface area contributed by atoms with Crippen LogP contribution in [0, 0.1) is 0 Å². The molecular weight excluding hydrogens is 224 g/mol. The zero-order valence-electron chi connectivity index (χ0n) is 9.83. The molecule has 3 nitrogen and oxygen atoms in total. The van der Waals surface area contributed by atoms with Gasteiger partial charge in [-0.3, -0.25) is 4.79 Å². The zero-order chi connectivity index (χ0) is 12.3. The van der Waals surface area contributed by atoms with Gasteiger partial charge >= 0.3 is 0 Å². The number of rotatable bonds is 3. The molecule has 2 N–H and O–H groups in total. The van der Waals surface area contributed by atoms with E-state index in [4.69, 9.17) is 17.3 Å². The molecule has 1 aromatic carbocycles.